The van der Waals surface area contributed by atoms with Gasteiger partial charge in [0.1, 0.15) is 29.5 Å². The molecule has 0 bridgehead atoms. The monoisotopic (exact) mass is 432 g/mol. The predicted molar refractivity (Wildman–Crippen MR) is 122 cm³/mol. The smallest absolute Gasteiger partial charge is 0.150 e. The molecule has 8 heteroatoms. The van der Waals surface area contributed by atoms with Crippen LogP contribution in [0.3, 0.4) is 0 Å². The molecule has 0 amide bonds. The van der Waals surface area contributed by atoms with Gasteiger partial charge in [-0.25, -0.2) is 9.97 Å². The second kappa shape index (κ2) is 7.60. The van der Waals surface area contributed by atoms with Crippen LogP contribution >= 0.6 is 11.3 Å². The van der Waals surface area contributed by atoms with Crippen molar-refractivity contribution in [2.45, 2.75) is 38.1 Å². The largest absolute Gasteiger partial charge is 0.497 e. The van der Waals surface area contributed by atoms with Crippen molar-refractivity contribution in [1.29, 1.82) is 0 Å². The molecule has 1 atom stereocenters. The maximum absolute atomic E-state index is 5.29. The predicted octanol–water partition coefficient (Wildman–Crippen LogP) is 4.29. The SMILES string of the molecule is COc1ccc(-c2cc3ncnc(N4CCC[C@@H](c5nnc6n5CCC6)C4)c3s2)cc1. The average molecular weight is 433 g/mol. The van der Waals surface area contributed by atoms with Gasteiger partial charge in [-0.3, -0.25) is 0 Å². The lowest BCUT2D eigenvalue weighted by Gasteiger charge is -2.33. The summed E-state index contributed by atoms with van der Waals surface area (Å²) in [6.45, 7) is 3.00. The van der Waals surface area contributed by atoms with Crippen LogP contribution in [-0.2, 0) is 13.0 Å². The van der Waals surface area contributed by atoms with Crippen LogP contribution in [0.1, 0.15) is 36.8 Å². The molecular formula is C23H24N6OS. The number of hydrogen-bond donors (Lipinski definition) is 0. The standard InChI is InChI=1S/C23H24N6OS/c1-30-17-8-6-15(7-9-17)19-12-18-21(31-19)23(25-14-24-18)28-10-2-4-16(13-28)22-27-26-20-5-3-11-29(20)22/h6-9,12,14,16H,2-5,10-11,13H2,1H3/t16-/m1/s1. The normalized spacial score (nSPS) is 18.5. The van der Waals surface area contributed by atoms with Gasteiger partial charge >= 0.3 is 0 Å². The number of aromatic nitrogens is 5. The summed E-state index contributed by atoms with van der Waals surface area (Å²) in [4.78, 5) is 12.9. The van der Waals surface area contributed by atoms with Crippen molar-refractivity contribution in [2.24, 2.45) is 0 Å². The molecule has 7 nitrogen and oxygen atoms in total. The van der Waals surface area contributed by atoms with Crippen LogP contribution in [0.4, 0.5) is 5.82 Å². The van der Waals surface area contributed by atoms with Gasteiger partial charge < -0.3 is 14.2 Å². The third-order valence-electron chi connectivity index (χ3n) is 6.39. The van der Waals surface area contributed by atoms with Gasteiger partial charge in [-0.2, -0.15) is 0 Å². The fourth-order valence-corrected chi connectivity index (χ4v) is 5.95. The summed E-state index contributed by atoms with van der Waals surface area (Å²) >= 11 is 1.76. The number of anilines is 1. The number of fused-ring (bicyclic) bond motifs is 2. The summed E-state index contributed by atoms with van der Waals surface area (Å²) in [5.41, 5.74) is 2.18. The minimum atomic E-state index is 0.402. The van der Waals surface area contributed by atoms with E-state index in [0.29, 0.717) is 5.92 Å². The van der Waals surface area contributed by atoms with E-state index in [1.807, 2.05) is 12.1 Å². The first-order valence-corrected chi connectivity index (χ1v) is 11.7. The maximum Gasteiger partial charge on any atom is 0.150 e. The highest BCUT2D eigenvalue weighted by molar-refractivity contribution is 7.22. The molecule has 0 saturated carbocycles. The van der Waals surface area contributed by atoms with Crippen LogP contribution < -0.4 is 9.64 Å². The van der Waals surface area contributed by atoms with Crippen LogP contribution in [0.2, 0.25) is 0 Å². The van der Waals surface area contributed by atoms with Crippen molar-refractivity contribution in [2.75, 3.05) is 25.1 Å². The van der Waals surface area contributed by atoms with E-state index in [9.17, 15) is 0 Å². The topological polar surface area (TPSA) is 69.0 Å². The van der Waals surface area contributed by atoms with Gasteiger partial charge in [0.25, 0.3) is 0 Å². The first-order chi connectivity index (χ1) is 15.3. The molecule has 31 heavy (non-hydrogen) atoms. The molecule has 0 radical (unpaired) electrons. The maximum atomic E-state index is 5.29. The molecule has 3 aromatic heterocycles. The number of benzene rings is 1. The molecule has 5 heterocycles. The highest BCUT2D eigenvalue weighted by Gasteiger charge is 2.30. The highest BCUT2D eigenvalue weighted by atomic mass is 32.1. The Hall–Kier alpha value is -3.00. The van der Waals surface area contributed by atoms with Crippen molar-refractivity contribution in [1.82, 2.24) is 24.7 Å². The van der Waals surface area contributed by atoms with Crippen LogP contribution in [0.5, 0.6) is 5.75 Å². The summed E-state index contributed by atoms with van der Waals surface area (Å²) in [5, 5.41) is 8.99. The van der Waals surface area contributed by atoms with E-state index in [-0.39, 0.29) is 0 Å². The fraction of sp³-hybridized carbons (Fsp3) is 0.391. The third-order valence-corrected chi connectivity index (χ3v) is 7.56. The molecule has 158 valence electrons. The van der Waals surface area contributed by atoms with E-state index in [4.69, 9.17) is 9.72 Å². The van der Waals surface area contributed by atoms with E-state index < -0.39 is 0 Å². The van der Waals surface area contributed by atoms with Crippen molar-refractivity contribution < 1.29 is 4.74 Å². The highest BCUT2D eigenvalue weighted by Crippen LogP contribution is 2.39. The zero-order valence-electron chi connectivity index (χ0n) is 17.5. The molecule has 1 fully saturated rings. The van der Waals surface area contributed by atoms with Crippen molar-refractivity contribution in [3.8, 4) is 16.2 Å². The Morgan fingerprint density at radius 3 is 2.84 bits per heavy atom. The number of hydrogen-bond acceptors (Lipinski definition) is 7. The Morgan fingerprint density at radius 1 is 1.06 bits per heavy atom. The molecule has 0 aliphatic carbocycles. The number of nitrogens with zero attached hydrogens (tertiary/aromatic N) is 6. The van der Waals surface area contributed by atoms with Gasteiger partial charge in [0.05, 0.1) is 17.3 Å². The fourth-order valence-electron chi connectivity index (χ4n) is 4.82. The molecule has 0 N–H and O–H groups in total. The minimum Gasteiger partial charge on any atom is -0.497 e. The Balaban J connectivity index is 1.32. The molecule has 6 rings (SSSR count). The molecule has 2 aliphatic heterocycles. The Bertz CT molecular complexity index is 1230. The van der Waals surface area contributed by atoms with E-state index in [2.05, 4.69) is 42.8 Å². The first kappa shape index (κ1) is 18.7. The summed E-state index contributed by atoms with van der Waals surface area (Å²) in [6.07, 6.45) is 6.23. The van der Waals surface area contributed by atoms with Gasteiger partial charge in [0.15, 0.2) is 0 Å². The summed E-state index contributed by atoms with van der Waals surface area (Å²) in [5.74, 6) is 4.62. The van der Waals surface area contributed by atoms with Crippen LogP contribution in [0.15, 0.2) is 36.7 Å². The lowest BCUT2D eigenvalue weighted by molar-refractivity contribution is 0.415. The Kier molecular flexibility index (Phi) is 4.60. The molecule has 4 aromatic rings. The lowest BCUT2D eigenvalue weighted by atomic mass is 9.97. The van der Waals surface area contributed by atoms with Gasteiger partial charge in [-0.1, -0.05) is 0 Å². The second-order valence-corrected chi connectivity index (χ2v) is 9.32. The van der Waals surface area contributed by atoms with Crippen molar-refractivity contribution in [3.05, 3.63) is 48.3 Å². The van der Waals surface area contributed by atoms with E-state index in [0.717, 1.165) is 72.3 Å². The quantitative estimate of drug-likeness (QED) is 0.479. The molecule has 1 aromatic carbocycles. The van der Waals surface area contributed by atoms with Gasteiger partial charge in [-0.15, -0.1) is 21.5 Å². The molecule has 1 saturated heterocycles. The molecule has 0 unspecified atom stereocenters. The van der Waals surface area contributed by atoms with Gasteiger partial charge in [-0.05, 0) is 55.2 Å². The van der Waals surface area contributed by atoms with Gasteiger partial charge in [0.2, 0.25) is 0 Å². The van der Waals surface area contributed by atoms with E-state index in [1.165, 1.54) is 16.9 Å². The molecule has 0 spiro atoms. The number of rotatable bonds is 4. The summed E-state index contributed by atoms with van der Waals surface area (Å²) in [7, 11) is 1.69. The zero-order valence-corrected chi connectivity index (χ0v) is 18.3. The van der Waals surface area contributed by atoms with Crippen LogP contribution in [-0.4, -0.2) is 44.9 Å². The zero-order chi connectivity index (χ0) is 20.8. The number of ether oxygens (including phenoxy) is 1. The van der Waals surface area contributed by atoms with E-state index in [1.54, 1.807) is 24.8 Å². The second-order valence-electron chi connectivity index (χ2n) is 8.27. The van der Waals surface area contributed by atoms with Crippen molar-refractivity contribution in [3.63, 3.8) is 0 Å². The number of thiophene rings is 1. The summed E-state index contributed by atoms with van der Waals surface area (Å²) < 4.78 is 8.79. The molecule has 2 aliphatic rings. The lowest BCUT2D eigenvalue weighted by Crippen LogP contribution is -2.36. The van der Waals surface area contributed by atoms with Crippen molar-refractivity contribution >= 4 is 27.4 Å². The van der Waals surface area contributed by atoms with Gasteiger partial charge in [0, 0.05) is 36.9 Å². The van der Waals surface area contributed by atoms with Crippen LogP contribution in [0.25, 0.3) is 20.7 Å². The number of piperidine rings is 1. The van der Waals surface area contributed by atoms with Crippen LogP contribution in [0, 0.1) is 0 Å². The Morgan fingerprint density at radius 2 is 1.97 bits per heavy atom. The average Bonchev–Trinajstić information content (AvgIpc) is 3.54. The number of methoxy groups -OCH3 is 1. The first-order valence-electron chi connectivity index (χ1n) is 10.9. The van der Waals surface area contributed by atoms with E-state index >= 15 is 0 Å². The summed E-state index contributed by atoms with van der Waals surface area (Å²) in [6, 6.07) is 10.4. The number of aryl methyl sites for hydroxylation is 1. The minimum absolute atomic E-state index is 0.402. The molecular weight excluding hydrogens is 408 g/mol. The third kappa shape index (κ3) is 3.26. The Labute approximate surface area is 184 Å².